The van der Waals surface area contributed by atoms with Crippen molar-refractivity contribution in [2.24, 2.45) is 5.92 Å². The van der Waals surface area contributed by atoms with Crippen LogP contribution < -0.4 is 23.7 Å². The molecule has 0 radical (unpaired) electrons. The van der Waals surface area contributed by atoms with Gasteiger partial charge in [-0.3, -0.25) is 0 Å². The number of hydrogen-bond donors (Lipinski definition) is 0. The molecule has 0 saturated heterocycles. The van der Waals surface area contributed by atoms with E-state index in [0.717, 1.165) is 29.9 Å². The lowest BCUT2D eigenvalue weighted by molar-refractivity contribution is 0.243. The third kappa shape index (κ3) is 5.46. The maximum Gasteiger partial charge on any atom is 0.203 e. The molecule has 0 aliphatic rings. The van der Waals surface area contributed by atoms with Crippen molar-refractivity contribution in [2.45, 2.75) is 26.7 Å². The molecule has 0 N–H and O–H groups in total. The lowest BCUT2D eigenvalue weighted by atomic mass is 10.0. The molecule has 0 unspecified atom stereocenters. The summed E-state index contributed by atoms with van der Waals surface area (Å²) in [4.78, 5) is 0. The van der Waals surface area contributed by atoms with Gasteiger partial charge in [0, 0.05) is 0 Å². The zero-order valence-electron chi connectivity index (χ0n) is 17.1. The van der Waals surface area contributed by atoms with Crippen LogP contribution in [0.1, 0.15) is 25.0 Å². The Kier molecular flexibility index (Phi) is 7.65. The zero-order valence-corrected chi connectivity index (χ0v) is 17.1. The smallest absolute Gasteiger partial charge is 0.203 e. The fourth-order valence-corrected chi connectivity index (χ4v) is 2.80. The Balaban J connectivity index is 2.19. The van der Waals surface area contributed by atoms with E-state index >= 15 is 0 Å². The van der Waals surface area contributed by atoms with E-state index in [1.807, 2.05) is 24.3 Å². The van der Waals surface area contributed by atoms with Crippen LogP contribution >= 0.6 is 0 Å². The normalized spacial score (nSPS) is 10.6. The van der Waals surface area contributed by atoms with Crippen LogP contribution in [-0.4, -0.2) is 35.0 Å². The molecule has 0 amide bonds. The summed E-state index contributed by atoms with van der Waals surface area (Å²) < 4.78 is 27.7. The molecule has 27 heavy (non-hydrogen) atoms. The van der Waals surface area contributed by atoms with E-state index in [9.17, 15) is 0 Å². The van der Waals surface area contributed by atoms with Crippen molar-refractivity contribution in [3.8, 4) is 28.7 Å². The predicted octanol–water partition coefficient (Wildman–Crippen LogP) is 4.54. The van der Waals surface area contributed by atoms with Gasteiger partial charge >= 0.3 is 0 Å². The molecule has 0 bridgehead atoms. The molecule has 0 saturated carbocycles. The van der Waals surface area contributed by atoms with E-state index in [1.54, 1.807) is 28.4 Å². The minimum Gasteiger partial charge on any atom is -0.493 e. The quantitative estimate of drug-likeness (QED) is 0.611. The van der Waals surface area contributed by atoms with Crippen LogP contribution in [0.5, 0.6) is 28.7 Å². The van der Waals surface area contributed by atoms with E-state index in [4.69, 9.17) is 23.7 Å². The van der Waals surface area contributed by atoms with Crippen LogP contribution in [0.3, 0.4) is 0 Å². The SMILES string of the molecule is COc1ccc(CCc2cc(OC)c(OCC(C)C)c(OC)c2)cc1OC. The van der Waals surface area contributed by atoms with Gasteiger partial charge in [0.25, 0.3) is 0 Å². The Morgan fingerprint density at radius 1 is 0.667 bits per heavy atom. The van der Waals surface area contributed by atoms with Crippen LogP contribution in [-0.2, 0) is 12.8 Å². The van der Waals surface area contributed by atoms with Crippen molar-refractivity contribution in [2.75, 3.05) is 35.0 Å². The Labute approximate surface area is 162 Å². The molecule has 0 heterocycles. The molecule has 5 nitrogen and oxygen atoms in total. The average molecular weight is 374 g/mol. The van der Waals surface area contributed by atoms with Gasteiger partial charge in [-0.05, 0) is 54.2 Å². The molecule has 5 heteroatoms. The first kappa shape index (κ1) is 20.7. The summed E-state index contributed by atoms with van der Waals surface area (Å²) in [6.07, 6.45) is 1.70. The van der Waals surface area contributed by atoms with Gasteiger partial charge in [0.2, 0.25) is 5.75 Å². The predicted molar refractivity (Wildman–Crippen MR) is 107 cm³/mol. The fraction of sp³-hybridized carbons (Fsp3) is 0.455. The average Bonchev–Trinajstić information content (AvgIpc) is 2.69. The summed E-state index contributed by atoms with van der Waals surface area (Å²) in [5.41, 5.74) is 2.29. The highest BCUT2D eigenvalue weighted by Gasteiger charge is 2.15. The van der Waals surface area contributed by atoms with Gasteiger partial charge in [-0.25, -0.2) is 0 Å². The second-order valence-corrected chi connectivity index (χ2v) is 6.72. The number of aryl methyl sites for hydroxylation is 2. The van der Waals surface area contributed by atoms with Crippen molar-refractivity contribution in [3.63, 3.8) is 0 Å². The summed E-state index contributed by atoms with van der Waals surface area (Å²) in [6, 6.07) is 10.0. The van der Waals surface area contributed by atoms with E-state index < -0.39 is 0 Å². The van der Waals surface area contributed by atoms with Gasteiger partial charge in [-0.1, -0.05) is 19.9 Å². The molecule has 148 valence electrons. The first-order chi connectivity index (χ1) is 13.0. The fourth-order valence-electron chi connectivity index (χ4n) is 2.80. The molecular weight excluding hydrogens is 344 g/mol. The molecule has 0 aromatic heterocycles. The van der Waals surface area contributed by atoms with Crippen molar-refractivity contribution >= 4 is 0 Å². The zero-order chi connectivity index (χ0) is 19.8. The van der Waals surface area contributed by atoms with Crippen molar-refractivity contribution in [1.82, 2.24) is 0 Å². The van der Waals surface area contributed by atoms with Gasteiger partial charge in [0.1, 0.15) is 0 Å². The molecule has 2 aromatic carbocycles. The maximum absolute atomic E-state index is 5.90. The molecule has 0 spiro atoms. The van der Waals surface area contributed by atoms with Crippen LogP contribution in [0.2, 0.25) is 0 Å². The van der Waals surface area contributed by atoms with Crippen molar-refractivity contribution in [1.29, 1.82) is 0 Å². The highest BCUT2D eigenvalue weighted by molar-refractivity contribution is 5.54. The van der Waals surface area contributed by atoms with E-state index in [-0.39, 0.29) is 0 Å². The van der Waals surface area contributed by atoms with Crippen LogP contribution in [0.4, 0.5) is 0 Å². The highest BCUT2D eigenvalue weighted by Crippen LogP contribution is 2.39. The standard InChI is InChI=1S/C22H30O5/c1-15(2)14-27-22-20(25-5)12-17(13-21(22)26-6)8-7-16-9-10-18(23-3)19(11-16)24-4/h9-13,15H,7-8,14H2,1-6H3. The largest absolute Gasteiger partial charge is 0.493 e. The first-order valence-corrected chi connectivity index (χ1v) is 9.11. The summed E-state index contributed by atoms with van der Waals surface area (Å²) in [5.74, 6) is 3.93. The van der Waals surface area contributed by atoms with Gasteiger partial charge in [0.15, 0.2) is 23.0 Å². The minimum atomic E-state index is 0.421. The Hall–Kier alpha value is -2.56. The minimum absolute atomic E-state index is 0.421. The van der Waals surface area contributed by atoms with E-state index in [2.05, 4.69) is 19.9 Å². The molecule has 2 aromatic rings. The molecule has 0 aliphatic carbocycles. The number of rotatable bonds is 10. The Morgan fingerprint density at radius 3 is 1.70 bits per heavy atom. The second-order valence-electron chi connectivity index (χ2n) is 6.72. The van der Waals surface area contributed by atoms with Crippen LogP contribution in [0, 0.1) is 5.92 Å². The first-order valence-electron chi connectivity index (χ1n) is 9.11. The topological polar surface area (TPSA) is 46.2 Å². The lowest BCUT2D eigenvalue weighted by Gasteiger charge is -2.17. The number of hydrogen-bond acceptors (Lipinski definition) is 5. The van der Waals surface area contributed by atoms with Gasteiger partial charge in [-0.2, -0.15) is 0 Å². The third-order valence-corrected chi connectivity index (χ3v) is 4.23. The summed E-state index contributed by atoms with van der Waals surface area (Å²) in [6.45, 7) is 4.82. The molecule has 2 rings (SSSR count). The molecule has 0 atom stereocenters. The van der Waals surface area contributed by atoms with Crippen molar-refractivity contribution < 1.29 is 23.7 Å². The highest BCUT2D eigenvalue weighted by atomic mass is 16.5. The number of ether oxygens (including phenoxy) is 5. The van der Waals surface area contributed by atoms with Crippen LogP contribution in [0.15, 0.2) is 30.3 Å². The maximum atomic E-state index is 5.90. The van der Waals surface area contributed by atoms with E-state index in [1.165, 1.54) is 5.56 Å². The van der Waals surface area contributed by atoms with Gasteiger partial charge < -0.3 is 23.7 Å². The van der Waals surface area contributed by atoms with Gasteiger partial charge in [-0.15, -0.1) is 0 Å². The Bertz CT molecular complexity index is 714. The van der Waals surface area contributed by atoms with E-state index in [0.29, 0.717) is 29.8 Å². The van der Waals surface area contributed by atoms with Crippen LogP contribution in [0.25, 0.3) is 0 Å². The number of methoxy groups -OCH3 is 4. The summed E-state index contributed by atoms with van der Waals surface area (Å²) in [5, 5.41) is 0. The lowest BCUT2D eigenvalue weighted by Crippen LogP contribution is -2.07. The molecule has 0 fully saturated rings. The summed E-state index contributed by atoms with van der Waals surface area (Å²) in [7, 11) is 6.58. The molecule has 0 aliphatic heterocycles. The second kappa shape index (κ2) is 9.95. The monoisotopic (exact) mass is 374 g/mol. The van der Waals surface area contributed by atoms with Crippen molar-refractivity contribution in [3.05, 3.63) is 41.5 Å². The van der Waals surface area contributed by atoms with Gasteiger partial charge in [0.05, 0.1) is 35.0 Å². The third-order valence-electron chi connectivity index (χ3n) is 4.23. The molecular formula is C22H30O5. The number of benzene rings is 2. The Morgan fingerprint density at radius 2 is 1.19 bits per heavy atom. The summed E-state index contributed by atoms with van der Waals surface area (Å²) >= 11 is 0.